The molecule has 0 bridgehead atoms. The van der Waals surface area contributed by atoms with Gasteiger partial charge in [-0.1, -0.05) is 18.2 Å². The van der Waals surface area contributed by atoms with Crippen LogP contribution in [0, 0.1) is 11.3 Å². The van der Waals surface area contributed by atoms with Crippen LogP contribution in [0.4, 0.5) is 10.5 Å². The number of nitriles is 1. The van der Waals surface area contributed by atoms with Crippen LogP contribution in [-0.2, 0) is 41.2 Å². The van der Waals surface area contributed by atoms with Crippen molar-refractivity contribution < 1.29 is 14.1 Å². The van der Waals surface area contributed by atoms with Crippen LogP contribution in [-0.4, -0.2) is 25.1 Å². The molecule has 2 amide bonds. The SMILES string of the molecule is CC(C)(O)c1cc(S(N)(=O)=NC(=O)Nc2c3c(c(C#N)c4c2CCC4)CCC3)nn1-c1ccccc1. The van der Waals surface area contributed by atoms with Gasteiger partial charge in [0.05, 0.1) is 23.0 Å². The normalized spacial score (nSPS) is 16.1. The van der Waals surface area contributed by atoms with E-state index in [0.717, 1.165) is 66.3 Å². The van der Waals surface area contributed by atoms with Crippen LogP contribution >= 0.6 is 0 Å². The van der Waals surface area contributed by atoms with Gasteiger partial charge in [-0.15, -0.1) is 4.36 Å². The smallest absolute Gasteiger partial charge is 0.354 e. The number of hydrogen-bond donors (Lipinski definition) is 3. The van der Waals surface area contributed by atoms with Crippen molar-refractivity contribution in [2.75, 3.05) is 5.32 Å². The Labute approximate surface area is 210 Å². The highest BCUT2D eigenvalue weighted by atomic mass is 32.2. The van der Waals surface area contributed by atoms with Gasteiger partial charge in [-0.25, -0.2) is 18.8 Å². The molecule has 0 aliphatic heterocycles. The maximum atomic E-state index is 13.4. The van der Waals surface area contributed by atoms with Gasteiger partial charge >= 0.3 is 6.03 Å². The van der Waals surface area contributed by atoms with E-state index in [0.29, 0.717) is 17.1 Å². The fourth-order valence-corrected chi connectivity index (χ4v) is 6.11. The molecule has 0 saturated heterocycles. The number of urea groups is 1. The van der Waals surface area contributed by atoms with E-state index in [1.165, 1.54) is 10.7 Å². The summed E-state index contributed by atoms with van der Waals surface area (Å²) in [5, 5.41) is 33.6. The largest absolute Gasteiger partial charge is 0.384 e. The Kier molecular flexibility index (Phi) is 5.95. The number of nitrogens with one attached hydrogen (secondary N) is 1. The summed E-state index contributed by atoms with van der Waals surface area (Å²) < 4.78 is 18.7. The van der Waals surface area contributed by atoms with Crippen molar-refractivity contribution in [3.63, 3.8) is 0 Å². The molecule has 0 saturated carbocycles. The number of fused-ring (bicyclic) bond motifs is 2. The number of rotatable bonds is 4. The van der Waals surface area contributed by atoms with E-state index >= 15 is 0 Å². The lowest BCUT2D eigenvalue weighted by Crippen LogP contribution is -2.20. The van der Waals surface area contributed by atoms with E-state index in [4.69, 9.17) is 5.14 Å². The molecule has 1 aromatic heterocycles. The van der Waals surface area contributed by atoms with Crippen LogP contribution in [0.25, 0.3) is 5.69 Å². The van der Waals surface area contributed by atoms with Gasteiger partial charge in [0.15, 0.2) is 14.9 Å². The number of nitrogens with two attached hydrogens (primary N) is 1. The summed E-state index contributed by atoms with van der Waals surface area (Å²) in [4.78, 5) is 13.0. The van der Waals surface area contributed by atoms with Crippen molar-refractivity contribution in [2.45, 2.75) is 63.0 Å². The van der Waals surface area contributed by atoms with Crippen molar-refractivity contribution >= 4 is 21.6 Å². The minimum atomic E-state index is -3.72. The predicted molar refractivity (Wildman–Crippen MR) is 136 cm³/mol. The maximum Gasteiger partial charge on any atom is 0.354 e. The van der Waals surface area contributed by atoms with Crippen LogP contribution in [0.15, 0.2) is 45.8 Å². The molecule has 3 aromatic rings. The molecule has 36 heavy (non-hydrogen) atoms. The summed E-state index contributed by atoms with van der Waals surface area (Å²) in [5.41, 5.74) is 5.06. The number of aliphatic hydroxyl groups is 1. The van der Waals surface area contributed by atoms with Crippen molar-refractivity contribution in [3.05, 3.63) is 69.9 Å². The quantitative estimate of drug-likeness (QED) is 0.493. The van der Waals surface area contributed by atoms with Gasteiger partial charge in [0, 0.05) is 11.8 Å². The number of anilines is 1. The number of hydrogen-bond acceptors (Lipinski definition) is 5. The summed E-state index contributed by atoms with van der Waals surface area (Å²) in [7, 11) is -3.72. The third kappa shape index (κ3) is 4.19. The van der Waals surface area contributed by atoms with Crippen LogP contribution in [0.1, 0.15) is 60.2 Å². The second kappa shape index (κ2) is 8.85. The average molecular weight is 505 g/mol. The molecular formula is C26H28N6O3S. The molecule has 1 heterocycles. The summed E-state index contributed by atoms with van der Waals surface area (Å²) in [6.45, 7) is 3.17. The Bertz CT molecular complexity index is 1500. The van der Waals surface area contributed by atoms with Crippen molar-refractivity contribution in [3.8, 4) is 11.8 Å². The molecule has 0 spiro atoms. The number of nitrogens with zero attached hydrogens (tertiary/aromatic N) is 4. The van der Waals surface area contributed by atoms with Crippen molar-refractivity contribution in [1.29, 1.82) is 5.26 Å². The van der Waals surface area contributed by atoms with Crippen LogP contribution < -0.4 is 10.5 Å². The standard InChI is InChI=1S/C26H28N6O3S/c1-26(2,34)22-14-23(30-32(22)16-8-4-3-5-9-16)36(28,35)31-25(33)29-24-19-12-6-10-17(19)21(15-27)18-11-7-13-20(18)24/h3-5,8-9,14,34H,6-7,10-13H2,1-2H3,(H3,28,29,31,33,35). The highest BCUT2D eigenvalue weighted by Crippen LogP contribution is 2.41. The Morgan fingerprint density at radius 2 is 1.72 bits per heavy atom. The fourth-order valence-electron chi connectivity index (χ4n) is 5.24. The second-order valence-electron chi connectivity index (χ2n) is 9.75. The number of amides is 2. The minimum Gasteiger partial charge on any atom is -0.384 e. The first kappa shape index (κ1) is 24.2. The lowest BCUT2D eigenvalue weighted by molar-refractivity contribution is 0.0711. The maximum absolute atomic E-state index is 13.4. The Morgan fingerprint density at radius 3 is 2.28 bits per heavy atom. The first-order valence-electron chi connectivity index (χ1n) is 11.9. The number of carbonyl (C=O) groups is 1. The molecule has 5 rings (SSSR count). The number of carbonyl (C=O) groups excluding carboxylic acids is 1. The van der Waals surface area contributed by atoms with E-state index in [1.54, 1.807) is 26.0 Å². The summed E-state index contributed by atoms with van der Waals surface area (Å²) in [5.74, 6) is 0. The molecule has 10 heteroatoms. The van der Waals surface area contributed by atoms with Gasteiger partial charge in [-0.3, -0.25) is 0 Å². The van der Waals surface area contributed by atoms with Gasteiger partial charge in [-0.2, -0.15) is 10.4 Å². The van der Waals surface area contributed by atoms with E-state index in [9.17, 15) is 19.4 Å². The Morgan fingerprint density at radius 1 is 1.14 bits per heavy atom. The van der Waals surface area contributed by atoms with Gasteiger partial charge < -0.3 is 10.4 Å². The van der Waals surface area contributed by atoms with Gasteiger partial charge in [0.2, 0.25) is 0 Å². The van der Waals surface area contributed by atoms with Crippen molar-refractivity contribution in [1.82, 2.24) is 9.78 Å². The summed E-state index contributed by atoms with van der Waals surface area (Å²) in [6, 6.07) is 12.0. The molecule has 2 aromatic carbocycles. The molecule has 0 fully saturated rings. The van der Waals surface area contributed by atoms with Gasteiger partial charge in [-0.05, 0) is 86.8 Å². The zero-order chi connectivity index (χ0) is 25.7. The molecule has 186 valence electrons. The highest BCUT2D eigenvalue weighted by molar-refractivity contribution is 7.91. The number of aromatic nitrogens is 2. The molecule has 2 aliphatic rings. The first-order chi connectivity index (χ1) is 17.1. The van der Waals surface area contributed by atoms with E-state index in [-0.39, 0.29) is 5.03 Å². The topological polar surface area (TPSA) is 146 Å². The Hall–Kier alpha value is -3.52. The molecule has 2 aliphatic carbocycles. The Balaban J connectivity index is 1.54. The van der Waals surface area contributed by atoms with Crippen molar-refractivity contribution in [2.24, 2.45) is 9.50 Å². The van der Waals surface area contributed by atoms with E-state index in [1.807, 2.05) is 18.2 Å². The van der Waals surface area contributed by atoms with Gasteiger partial charge in [0.1, 0.15) is 5.60 Å². The predicted octanol–water partition coefficient (Wildman–Crippen LogP) is 3.88. The second-order valence-corrected chi connectivity index (χ2v) is 11.5. The molecule has 1 unspecified atom stereocenters. The van der Waals surface area contributed by atoms with Crippen LogP contribution in [0.2, 0.25) is 0 Å². The highest BCUT2D eigenvalue weighted by Gasteiger charge is 2.30. The van der Waals surface area contributed by atoms with E-state index < -0.39 is 21.5 Å². The van der Waals surface area contributed by atoms with Crippen LogP contribution in [0.5, 0.6) is 0 Å². The average Bonchev–Trinajstić information content (AvgIpc) is 3.58. The number of benzene rings is 2. The molecular weight excluding hydrogens is 476 g/mol. The van der Waals surface area contributed by atoms with Gasteiger partial charge in [0.25, 0.3) is 0 Å². The van der Waals surface area contributed by atoms with E-state index in [2.05, 4.69) is 20.8 Å². The monoisotopic (exact) mass is 504 g/mol. The molecule has 4 N–H and O–H groups in total. The fraction of sp³-hybridized carbons (Fsp3) is 0.346. The molecule has 0 radical (unpaired) electrons. The zero-order valence-electron chi connectivity index (χ0n) is 20.2. The summed E-state index contributed by atoms with van der Waals surface area (Å²) in [6.07, 6.45) is 4.96. The zero-order valence-corrected chi connectivity index (χ0v) is 21.1. The third-order valence-corrected chi connectivity index (χ3v) is 8.06. The molecule has 1 atom stereocenters. The van der Waals surface area contributed by atoms with Crippen LogP contribution in [0.3, 0.4) is 0 Å². The summed E-state index contributed by atoms with van der Waals surface area (Å²) >= 11 is 0. The lowest BCUT2D eigenvalue weighted by atomic mass is 9.93. The lowest BCUT2D eigenvalue weighted by Gasteiger charge is -2.18. The third-order valence-electron chi connectivity index (χ3n) is 6.82. The first-order valence-corrected chi connectivity index (χ1v) is 13.5. The minimum absolute atomic E-state index is 0.103. The number of para-hydroxylation sites is 1. The molecule has 9 nitrogen and oxygen atoms in total.